The van der Waals surface area contributed by atoms with Crippen LogP contribution in [0.3, 0.4) is 0 Å². The molecule has 0 saturated carbocycles. The summed E-state index contributed by atoms with van der Waals surface area (Å²) in [6.45, 7) is 5.45. The minimum absolute atomic E-state index is 0.602. The fraction of sp³-hybridized carbons (Fsp3) is 0.700. The van der Waals surface area contributed by atoms with Crippen LogP contribution in [0.4, 0.5) is 0 Å². The number of aryl methyl sites for hydroxylation is 1. The molecule has 2 atom stereocenters. The summed E-state index contributed by atoms with van der Waals surface area (Å²) in [6.07, 6.45) is 6.47. The molecule has 0 radical (unpaired) electrons. The van der Waals surface area contributed by atoms with E-state index >= 15 is 0 Å². The molecule has 1 aliphatic rings. The lowest BCUT2D eigenvalue weighted by atomic mass is 10.0. The number of hydrogen-bond donors (Lipinski definition) is 1. The molecule has 0 aromatic carbocycles. The molecule has 0 spiro atoms. The predicted octanol–water partition coefficient (Wildman–Crippen LogP) is 1.50. The molecule has 1 aliphatic heterocycles. The Morgan fingerprint density at radius 2 is 2.46 bits per heavy atom. The third-order valence-electron chi connectivity index (χ3n) is 2.70. The van der Waals surface area contributed by atoms with Crippen LogP contribution in [0.5, 0.6) is 0 Å². The quantitative estimate of drug-likeness (QED) is 0.708. The Labute approximate surface area is 79.1 Å². The van der Waals surface area contributed by atoms with Gasteiger partial charge in [0.05, 0.1) is 12.2 Å². The third kappa shape index (κ3) is 1.91. The van der Waals surface area contributed by atoms with Crippen molar-refractivity contribution >= 4 is 0 Å². The summed E-state index contributed by atoms with van der Waals surface area (Å²) >= 11 is 0. The number of nitrogens with zero attached hydrogens (tertiary/aromatic N) is 2. The molecule has 1 aromatic rings. The van der Waals surface area contributed by atoms with Crippen molar-refractivity contribution in [2.75, 3.05) is 6.54 Å². The molecule has 0 amide bonds. The van der Waals surface area contributed by atoms with Gasteiger partial charge in [-0.3, -0.25) is 4.68 Å². The minimum Gasteiger partial charge on any atom is -0.314 e. The highest BCUT2D eigenvalue weighted by Crippen LogP contribution is 2.20. The van der Waals surface area contributed by atoms with Crippen molar-refractivity contribution in [3.05, 3.63) is 18.0 Å². The number of rotatable bonds is 1. The first-order chi connectivity index (χ1) is 6.25. The third-order valence-corrected chi connectivity index (χ3v) is 2.70. The van der Waals surface area contributed by atoms with Gasteiger partial charge >= 0.3 is 0 Å². The Morgan fingerprint density at radius 3 is 3.08 bits per heavy atom. The molecule has 0 aliphatic carbocycles. The van der Waals surface area contributed by atoms with E-state index in [9.17, 15) is 0 Å². The Hall–Kier alpha value is -0.830. The van der Waals surface area contributed by atoms with Gasteiger partial charge in [0.2, 0.25) is 0 Å². The van der Waals surface area contributed by atoms with Crippen LogP contribution >= 0.6 is 0 Å². The van der Waals surface area contributed by atoms with E-state index in [1.807, 2.05) is 6.20 Å². The zero-order valence-corrected chi connectivity index (χ0v) is 8.33. The van der Waals surface area contributed by atoms with Crippen molar-refractivity contribution in [1.29, 1.82) is 0 Å². The average Bonchev–Trinajstić information content (AvgIpc) is 2.52. The zero-order valence-electron chi connectivity index (χ0n) is 8.33. The maximum Gasteiger partial charge on any atom is 0.0546 e. The van der Waals surface area contributed by atoms with E-state index in [0.717, 1.165) is 6.54 Å². The van der Waals surface area contributed by atoms with Gasteiger partial charge in [-0.2, -0.15) is 5.10 Å². The van der Waals surface area contributed by atoms with Crippen LogP contribution in [0.2, 0.25) is 0 Å². The second-order valence-electron chi connectivity index (χ2n) is 4.03. The molecule has 0 bridgehead atoms. The molecule has 1 aromatic heterocycles. The average molecular weight is 179 g/mol. The summed E-state index contributed by atoms with van der Waals surface area (Å²) in [5.41, 5.74) is 1.26. The van der Waals surface area contributed by atoms with Crippen LogP contribution in [0.1, 0.15) is 31.4 Å². The van der Waals surface area contributed by atoms with E-state index in [4.69, 9.17) is 0 Å². The number of piperidine rings is 1. The van der Waals surface area contributed by atoms with Crippen molar-refractivity contribution in [2.45, 2.75) is 38.8 Å². The Bertz CT molecular complexity index is 279. The molecule has 1 saturated heterocycles. The molecule has 72 valence electrons. The van der Waals surface area contributed by atoms with Crippen LogP contribution in [-0.4, -0.2) is 22.4 Å². The molecule has 2 unspecified atom stereocenters. The maximum absolute atomic E-state index is 4.36. The maximum atomic E-state index is 4.36. The van der Waals surface area contributed by atoms with E-state index in [2.05, 4.69) is 35.1 Å². The molecular formula is C10H17N3. The lowest BCUT2D eigenvalue weighted by molar-refractivity contribution is 0.295. The highest BCUT2D eigenvalue weighted by Gasteiger charge is 2.19. The highest BCUT2D eigenvalue weighted by molar-refractivity contribution is 5.01. The van der Waals surface area contributed by atoms with Crippen LogP contribution in [-0.2, 0) is 0 Å². The van der Waals surface area contributed by atoms with Crippen molar-refractivity contribution in [2.24, 2.45) is 0 Å². The van der Waals surface area contributed by atoms with Gasteiger partial charge in [-0.15, -0.1) is 0 Å². The van der Waals surface area contributed by atoms with Crippen molar-refractivity contribution in [3.63, 3.8) is 0 Å². The Kier molecular flexibility index (Phi) is 2.36. The van der Waals surface area contributed by atoms with E-state index in [1.54, 1.807) is 0 Å². The van der Waals surface area contributed by atoms with Gasteiger partial charge in [0.15, 0.2) is 0 Å². The van der Waals surface area contributed by atoms with Crippen molar-refractivity contribution in [1.82, 2.24) is 15.1 Å². The first-order valence-electron chi connectivity index (χ1n) is 5.00. The Balaban J connectivity index is 2.08. The monoisotopic (exact) mass is 179 g/mol. The first kappa shape index (κ1) is 8.75. The van der Waals surface area contributed by atoms with Crippen LogP contribution in [0.25, 0.3) is 0 Å². The van der Waals surface area contributed by atoms with Gasteiger partial charge in [0, 0.05) is 12.2 Å². The van der Waals surface area contributed by atoms with Crippen molar-refractivity contribution < 1.29 is 0 Å². The van der Waals surface area contributed by atoms with E-state index < -0.39 is 0 Å². The standard InChI is InChI=1S/C10H17N3/c1-8-6-12-13(7-8)10-3-4-11-9(2)5-10/h6-7,9-11H,3-5H2,1-2H3. The lowest BCUT2D eigenvalue weighted by Gasteiger charge is -2.28. The summed E-state index contributed by atoms with van der Waals surface area (Å²) < 4.78 is 2.12. The molecule has 2 heterocycles. The van der Waals surface area contributed by atoms with Gasteiger partial charge in [0.1, 0.15) is 0 Å². The van der Waals surface area contributed by atoms with Gasteiger partial charge in [0.25, 0.3) is 0 Å². The van der Waals surface area contributed by atoms with Crippen LogP contribution < -0.4 is 5.32 Å². The zero-order chi connectivity index (χ0) is 9.26. The Morgan fingerprint density at radius 1 is 1.62 bits per heavy atom. The van der Waals surface area contributed by atoms with E-state index in [-0.39, 0.29) is 0 Å². The lowest BCUT2D eigenvalue weighted by Crippen LogP contribution is -2.36. The van der Waals surface area contributed by atoms with Gasteiger partial charge in [-0.1, -0.05) is 0 Å². The van der Waals surface area contributed by atoms with E-state index in [0.29, 0.717) is 12.1 Å². The summed E-state index contributed by atoms with van der Waals surface area (Å²) in [7, 11) is 0. The normalized spacial score (nSPS) is 29.1. The molecule has 1 N–H and O–H groups in total. The topological polar surface area (TPSA) is 29.9 Å². The number of aromatic nitrogens is 2. The minimum atomic E-state index is 0.602. The van der Waals surface area contributed by atoms with Crippen LogP contribution in [0, 0.1) is 6.92 Å². The molecule has 3 heteroatoms. The van der Waals surface area contributed by atoms with Crippen LogP contribution in [0.15, 0.2) is 12.4 Å². The van der Waals surface area contributed by atoms with Gasteiger partial charge < -0.3 is 5.32 Å². The SMILES string of the molecule is Cc1cnn(C2CCNC(C)C2)c1. The fourth-order valence-corrected chi connectivity index (χ4v) is 1.98. The summed E-state index contributed by atoms with van der Waals surface area (Å²) in [5, 5.41) is 7.81. The number of hydrogen-bond acceptors (Lipinski definition) is 2. The number of nitrogens with one attached hydrogen (secondary N) is 1. The van der Waals surface area contributed by atoms with Gasteiger partial charge in [-0.05, 0) is 38.8 Å². The summed E-state index contributed by atoms with van der Waals surface area (Å²) in [6, 6.07) is 1.23. The summed E-state index contributed by atoms with van der Waals surface area (Å²) in [5.74, 6) is 0. The van der Waals surface area contributed by atoms with E-state index in [1.165, 1.54) is 18.4 Å². The fourth-order valence-electron chi connectivity index (χ4n) is 1.98. The van der Waals surface area contributed by atoms with Crippen molar-refractivity contribution in [3.8, 4) is 0 Å². The smallest absolute Gasteiger partial charge is 0.0546 e. The first-order valence-corrected chi connectivity index (χ1v) is 5.00. The molecule has 1 fully saturated rings. The molecule has 13 heavy (non-hydrogen) atoms. The molecule has 2 rings (SSSR count). The largest absolute Gasteiger partial charge is 0.314 e. The van der Waals surface area contributed by atoms with Gasteiger partial charge in [-0.25, -0.2) is 0 Å². The molecule has 3 nitrogen and oxygen atoms in total. The predicted molar refractivity (Wildman–Crippen MR) is 52.7 cm³/mol. The highest BCUT2D eigenvalue weighted by atomic mass is 15.3. The molecular weight excluding hydrogens is 162 g/mol. The summed E-state index contributed by atoms with van der Waals surface area (Å²) in [4.78, 5) is 0. The second-order valence-corrected chi connectivity index (χ2v) is 4.03. The second kappa shape index (κ2) is 3.50.